The quantitative estimate of drug-likeness (QED) is 0.716. The summed E-state index contributed by atoms with van der Waals surface area (Å²) in [5.74, 6) is 0.434. The monoisotopic (exact) mass is 386 g/mol. The van der Waals surface area contributed by atoms with E-state index >= 15 is 0 Å². The van der Waals surface area contributed by atoms with Gasteiger partial charge in [-0.3, -0.25) is 9.69 Å². The fourth-order valence-electron chi connectivity index (χ4n) is 3.22. The number of benzene rings is 2. The molecule has 0 aliphatic carbocycles. The predicted molar refractivity (Wildman–Crippen MR) is 107 cm³/mol. The smallest absolute Gasteiger partial charge is 0.243 e. The van der Waals surface area contributed by atoms with Gasteiger partial charge in [0.1, 0.15) is 0 Å². The van der Waals surface area contributed by atoms with Crippen molar-refractivity contribution in [2.45, 2.75) is 24.7 Å². The molecule has 1 aliphatic rings. The number of carbonyl (C=O) groups is 1. The third-order valence-electron chi connectivity index (χ3n) is 4.98. The Morgan fingerprint density at radius 2 is 1.52 bits per heavy atom. The number of hydrogen-bond acceptors (Lipinski definition) is 4. The van der Waals surface area contributed by atoms with Crippen molar-refractivity contribution in [2.75, 3.05) is 32.7 Å². The van der Waals surface area contributed by atoms with Crippen LogP contribution in [0.25, 0.3) is 0 Å². The third-order valence-corrected chi connectivity index (χ3v) is 6.89. The number of piperazine rings is 1. The van der Waals surface area contributed by atoms with E-state index in [1.807, 2.05) is 47.4 Å². The van der Waals surface area contributed by atoms with Gasteiger partial charge in [0.2, 0.25) is 10.0 Å². The summed E-state index contributed by atoms with van der Waals surface area (Å²) in [5, 5.41) is 0. The molecule has 0 N–H and O–H groups in total. The van der Waals surface area contributed by atoms with Gasteiger partial charge in [-0.05, 0) is 23.6 Å². The van der Waals surface area contributed by atoms with E-state index in [4.69, 9.17) is 0 Å². The van der Waals surface area contributed by atoms with Crippen LogP contribution in [0.2, 0.25) is 0 Å². The van der Waals surface area contributed by atoms with Gasteiger partial charge in [0, 0.05) is 31.7 Å². The predicted octanol–water partition coefficient (Wildman–Crippen LogP) is 3.00. The maximum Gasteiger partial charge on any atom is 0.243 e. The summed E-state index contributed by atoms with van der Waals surface area (Å²) < 4.78 is 27.2. The van der Waals surface area contributed by atoms with E-state index in [1.165, 1.54) is 4.31 Å². The van der Waals surface area contributed by atoms with E-state index in [1.54, 1.807) is 12.1 Å². The fraction of sp³-hybridized carbons (Fsp3) is 0.381. The molecule has 0 saturated carbocycles. The van der Waals surface area contributed by atoms with Crippen LogP contribution in [0.3, 0.4) is 0 Å². The van der Waals surface area contributed by atoms with Gasteiger partial charge in [-0.15, -0.1) is 0 Å². The number of hydrogen-bond donors (Lipinski definition) is 0. The van der Waals surface area contributed by atoms with E-state index in [9.17, 15) is 13.2 Å². The highest BCUT2D eigenvalue weighted by Gasteiger charge is 2.29. The molecule has 0 amide bonds. The highest BCUT2D eigenvalue weighted by Crippen LogP contribution is 2.21. The van der Waals surface area contributed by atoms with Gasteiger partial charge in [-0.25, -0.2) is 8.42 Å². The maximum atomic E-state index is 12.9. The van der Waals surface area contributed by atoms with E-state index in [0.29, 0.717) is 49.1 Å². The molecular weight excluding hydrogens is 360 g/mol. The van der Waals surface area contributed by atoms with Crippen LogP contribution in [0, 0.1) is 0 Å². The lowest BCUT2D eigenvalue weighted by molar-refractivity contribution is 0.0901. The first-order chi connectivity index (χ1) is 12.9. The molecule has 0 spiro atoms. The van der Waals surface area contributed by atoms with Crippen molar-refractivity contribution in [2.24, 2.45) is 0 Å². The maximum absolute atomic E-state index is 12.9. The Balaban J connectivity index is 1.60. The summed E-state index contributed by atoms with van der Waals surface area (Å²) in [5.41, 5.74) is 1.82. The molecule has 1 saturated heterocycles. The van der Waals surface area contributed by atoms with Crippen molar-refractivity contribution < 1.29 is 13.2 Å². The number of rotatable bonds is 6. The lowest BCUT2D eigenvalue weighted by atomic mass is 10.0. The van der Waals surface area contributed by atoms with Gasteiger partial charge in [-0.1, -0.05) is 56.3 Å². The van der Waals surface area contributed by atoms with Crippen LogP contribution in [-0.4, -0.2) is 56.1 Å². The number of nitrogens with zero attached hydrogens (tertiary/aromatic N) is 2. The Bertz CT molecular complexity index is 869. The van der Waals surface area contributed by atoms with E-state index in [-0.39, 0.29) is 5.78 Å². The Morgan fingerprint density at radius 3 is 2.07 bits per heavy atom. The van der Waals surface area contributed by atoms with E-state index in [0.717, 1.165) is 5.56 Å². The average Bonchev–Trinajstić information content (AvgIpc) is 2.69. The Hall–Kier alpha value is -2.02. The first kappa shape index (κ1) is 19.7. The highest BCUT2D eigenvalue weighted by atomic mass is 32.2. The largest absolute Gasteiger partial charge is 0.293 e. The summed E-state index contributed by atoms with van der Waals surface area (Å²) in [7, 11) is -3.49. The van der Waals surface area contributed by atoms with Crippen LogP contribution >= 0.6 is 0 Å². The minimum Gasteiger partial charge on any atom is -0.293 e. The fourth-order valence-corrected chi connectivity index (χ4v) is 4.64. The van der Waals surface area contributed by atoms with Crippen molar-refractivity contribution in [1.29, 1.82) is 0 Å². The summed E-state index contributed by atoms with van der Waals surface area (Å²) in [6.45, 7) is 6.40. The zero-order chi connectivity index (χ0) is 19.4. The SMILES string of the molecule is CC(C)c1ccc(S(=O)(=O)N2CCN(CC(=O)c3ccccc3)CC2)cc1. The lowest BCUT2D eigenvalue weighted by Crippen LogP contribution is -2.49. The Morgan fingerprint density at radius 1 is 0.926 bits per heavy atom. The molecule has 2 aromatic rings. The summed E-state index contributed by atoms with van der Waals surface area (Å²) in [4.78, 5) is 14.7. The molecule has 3 rings (SSSR count). The molecule has 1 heterocycles. The molecule has 144 valence electrons. The van der Waals surface area contributed by atoms with Gasteiger partial charge in [0.25, 0.3) is 0 Å². The minimum absolute atomic E-state index is 0.0659. The number of sulfonamides is 1. The Kier molecular flexibility index (Phi) is 6.09. The second-order valence-corrected chi connectivity index (χ2v) is 9.13. The van der Waals surface area contributed by atoms with Crippen LogP contribution in [0.15, 0.2) is 59.5 Å². The molecule has 5 nitrogen and oxygen atoms in total. The molecule has 0 unspecified atom stereocenters. The standard InChI is InChI=1S/C21H26N2O3S/c1-17(2)18-8-10-20(11-9-18)27(25,26)23-14-12-22(13-15-23)16-21(24)19-6-4-3-5-7-19/h3-11,17H,12-16H2,1-2H3. The van der Waals surface area contributed by atoms with Gasteiger partial charge >= 0.3 is 0 Å². The van der Waals surface area contributed by atoms with Crippen LogP contribution in [-0.2, 0) is 10.0 Å². The highest BCUT2D eigenvalue weighted by molar-refractivity contribution is 7.89. The van der Waals surface area contributed by atoms with Gasteiger partial charge in [0.15, 0.2) is 5.78 Å². The van der Waals surface area contributed by atoms with Gasteiger partial charge < -0.3 is 0 Å². The molecule has 6 heteroatoms. The van der Waals surface area contributed by atoms with Crippen molar-refractivity contribution in [3.63, 3.8) is 0 Å². The topological polar surface area (TPSA) is 57.7 Å². The number of Topliss-reactive ketones (excluding diaryl/α,β-unsaturated/α-hetero) is 1. The molecule has 0 bridgehead atoms. The molecule has 1 fully saturated rings. The van der Waals surface area contributed by atoms with Gasteiger partial charge in [0.05, 0.1) is 11.4 Å². The second-order valence-electron chi connectivity index (χ2n) is 7.19. The van der Waals surface area contributed by atoms with Crippen molar-refractivity contribution in [3.05, 3.63) is 65.7 Å². The van der Waals surface area contributed by atoms with Crippen LogP contribution in [0.1, 0.15) is 35.7 Å². The minimum atomic E-state index is -3.49. The molecule has 1 aliphatic heterocycles. The zero-order valence-corrected chi connectivity index (χ0v) is 16.7. The lowest BCUT2D eigenvalue weighted by Gasteiger charge is -2.33. The Labute approximate surface area is 161 Å². The zero-order valence-electron chi connectivity index (χ0n) is 15.8. The summed E-state index contributed by atoms with van der Waals surface area (Å²) in [6, 6.07) is 16.3. The van der Waals surface area contributed by atoms with Crippen molar-refractivity contribution in [1.82, 2.24) is 9.21 Å². The first-order valence-corrected chi connectivity index (χ1v) is 10.7. The number of ketones is 1. The van der Waals surface area contributed by atoms with Gasteiger partial charge in [-0.2, -0.15) is 4.31 Å². The summed E-state index contributed by atoms with van der Waals surface area (Å²) in [6.07, 6.45) is 0. The second kappa shape index (κ2) is 8.33. The molecule has 0 atom stereocenters. The van der Waals surface area contributed by atoms with Crippen molar-refractivity contribution >= 4 is 15.8 Å². The first-order valence-electron chi connectivity index (χ1n) is 9.28. The van der Waals surface area contributed by atoms with Crippen molar-refractivity contribution in [3.8, 4) is 0 Å². The average molecular weight is 387 g/mol. The van der Waals surface area contributed by atoms with Crippen LogP contribution in [0.5, 0.6) is 0 Å². The number of carbonyl (C=O) groups excluding carboxylic acids is 1. The normalized spacial score (nSPS) is 16.6. The van der Waals surface area contributed by atoms with Crippen LogP contribution in [0.4, 0.5) is 0 Å². The van der Waals surface area contributed by atoms with E-state index < -0.39 is 10.0 Å². The third kappa shape index (κ3) is 4.64. The molecular formula is C21H26N2O3S. The molecule has 0 radical (unpaired) electrons. The summed E-state index contributed by atoms with van der Waals surface area (Å²) >= 11 is 0. The molecule has 2 aromatic carbocycles. The van der Waals surface area contributed by atoms with Crippen LogP contribution < -0.4 is 0 Å². The molecule has 27 heavy (non-hydrogen) atoms. The van der Waals surface area contributed by atoms with E-state index in [2.05, 4.69) is 13.8 Å². The molecule has 0 aromatic heterocycles.